The van der Waals surface area contributed by atoms with E-state index in [0.29, 0.717) is 5.54 Å². The molecular weight excluding hydrogens is 250 g/mol. The van der Waals surface area contributed by atoms with E-state index in [1.165, 1.54) is 18.2 Å². The maximum absolute atomic E-state index is 5.92. The van der Waals surface area contributed by atoms with E-state index in [9.17, 15) is 0 Å². The largest absolute Gasteiger partial charge is 0.460 e. The van der Waals surface area contributed by atoms with Gasteiger partial charge in [-0.15, -0.1) is 0 Å². The number of hydrogen-bond donors (Lipinski definition) is 2. The van der Waals surface area contributed by atoms with Crippen LogP contribution in [0.5, 0.6) is 0 Å². The minimum Gasteiger partial charge on any atom is -0.460 e. The Labute approximate surface area is 119 Å². The van der Waals surface area contributed by atoms with Crippen molar-refractivity contribution in [3.63, 3.8) is 0 Å². The monoisotopic (exact) mass is 271 g/mol. The molecule has 2 fully saturated rings. The molecular formula is C16H21N3O. The molecule has 2 N–H and O–H groups in total. The fourth-order valence-electron chi connectivity index (χ4n) is 3.44. The first-order chi connectivity index (χ1) is 9.83. The molecule has 106 valence electrons. The summed E-state index contributed by atoms with van der Waals surface area (Å²) in [6, 6.07) is 10.4. The van der Waals surface area contributed by atoms with Crippen LogP contribution in [-0.2, 0) is 6.54 Å². The number of likely N-dealkylation sites (tertiary alicyclic amines) is 1. The van der Waals surface area contributed by atoms with Crippen molar-refractivity contribution < 1.29 is 4.42 Å². The van der Waals surface area contributed by atoms with Crippen molar-refractivity contribution in [3.05, 3.63) is 36.1 Å². The lowest BCUT2D eigenvalue weighted by Crippen LogP contribution is -2.51. The molecule has 0 radical (unpaired) electrons. The molecule has 2 saturated heterocycles. The van der Waals surface area contributed by atoms with Gasteiger partial charge in [0, 0.05) is 37.2 Å². The lowest BCUT2D eigenvalue weighted by atomic mass is 9.88. The second-order valence-electron chi connectivity index (χ2n) is 6.09. The number of nitrogens with one attached hydrogen (secondary N) is 2. The summed E-state index contributed by atoms with van der Waals surface area (Å²) in [5.74, 6) is 1.08. The molecule has 0 saturated carbocycles. The first-order valence-corrected chi connectivity index (χ1v) is 7.49. The molecule has 2 aliphatic rings. The van der Waals surface area contributed by atoms with E-state index in [4.69, 9.17) is 4.42 Å². The van der Waals surface area contributed by atoms with Crippen LogP contribution in [0.2, 0.25) is 0 Å². The van der Waals surface area contributed by atoms with Crippen LogP contribution in [0.15, 0.2) is 34.7 Å². The standard InChI is InChI=1S/C16H21N3O/c1-2-4-15-13(3-1)9-14(20-15)10-19-7-5-16(6-8-19)11-17-12-18-16/h1-4,9,17-18H,5-8,10-12H2. The third kappa shape index (κ3) is 2.24. The lowest BCUT2D eigenvalue weighted by Gasteiger charge is -2.38. The SMILES string of the molecule is c1ccc2oc(CN3CCC4(CC3)CNCN4)cc2c1. The van der Waals surface area contributed by atoms with E-state index < -0.39 is 0 Å². The van der Waals surface area contributed by atoms with Gasteiger partial charge in [-0.05, 0) is 25.0 Å². The third-order valence-corrected chi connectivity index (χ3v) is 4.72. The molecule has 2 aromatic rings. The number of benzene rings is 1. The van der Waals surface area contributed by atoms with Crippen LogP contribution in [0, 0.1) is 0 Å². The second-order valence-corrected chi connectivity index (χ2v) is 6.09. The molecule has 20 heavy (non-hydrogen) atoms. The number of rotatable bonds is 2. The Kier molecular flexibility index (Phi) is 3.02. The number of furan rings is 1. The molecule has 0 amide bonds. The zero-order chi connectivity index (χ0) is 13.4. The Balaban J connectivity index is 1.42. The van der Waals surface area contributed by atoms with Gasteiger partial charge in [-0.3, -0.25) is 10.2 Å². The van der Waals surface area contributed by atoms with Gasteiger partial charge in [-0.25, -0.2) is 0 Å². The Morgan fingerprint density at radius 1 is 1.20 bits per heavy atom. The van der Waals surface area contributed by atoms with Crippen LogP contribution in [0.1, 0.15) is 18.6 Å². The van der Waals surface area contributed by atoms with Crippen molar-refractivity contribution in [3.8, 4) is 0 Å². The molecule has 1 aromatic carbocycles. The summed E-state index contributed by atoms with van der Waals surface area (Å²) in [6.45, 7) is 5.30. The zero-order valence-electron chi connectivity index (χ0n) is 11.7. The Hall–Kier alpha value is -1.36. The van der Waals surface area contributed by atoms with Gasteiger partial charge in [0.1, 0.15) is 11.3 Å². The average molecular weight is 271 g/mol. The van der Waals surface area contributed by atoms with E-state index in [1.54, 1.807) is 0 Å². The smallest absolute Gasteiger partial charge is 0.134 e. The quantitative estimate of drug-likeness (QED) is 0.875. The van der Waals surface area contributed by atoms with Gasteiger partial charge >= 0.3 is 0 Å². The molecule has 0 aliphatic carbocycles. The molecule has 0 unspecified atom stereocenters. The minimum absolute atomic E-state index is 0.352. The number of nitrogens with zero attached hydrogens (tertiary/aromatic N) is 1. The van der Waals surface area contributed by atoms with Gasteiger partial charge in [0.05, 0.1) is 6.54 Å². The summed E-state index contributed by atoms with van der Waals surface area (Å²) < 4.78 is 5.92. The summed E-state index contributed by atoms with van der Waals surface area (Å²) >= 11 is 0. The normalized spacial score (nSPS) is 22.8. The lowest BCUT2D eigenvalue weighted by molar-refractivity contribution is 0.142. The highest BCUT2D eigenvalue weighted by Crippen LogP contribution is 2.26. The van der Waals surface area contributed by atoms with E-state index in [2.05, 4.69) is 33.7 Å². The van der Waals surface area contributed by atoms with E-state index in [1.807, 2.05) is 12.1 Å². The second kappa shape index (κ2) is 4.88. The van der Waals surface area contributed by atoms with E-state index in [0.717, 1.165) is 44.2 Å². The van der Waals surface area contributed by atoms with Crippen molar-refractivity contribution in [2.45, 2.75) is 24.9 Å². The Bertz CT molecular complexity index is 558. The molecule has 4 rings (SSSR count). The maximum Gasteiger partial charge on any atom is 0.134 e. The fraction of sp³-hybridized carbons (Fsp3) is 0.500. The van der Waals surface area contributed by atoms with Gasteiger partial charge < -0.3 is 9.73 Å². The van der Waals surface area contributed by atoms with Gasteiger partial charge in [0.15, 0.2) is 0 Å². The highest BCUT2D eigenvalue weighted by Gasteiger charge is 2.36. The third-order valence-electron chi connectivity index (χ3n) is 4.72. The highest BCUT2D eigenvalue weighted by atomic mass is 16.3. The van der Waals surface area contributed by atoms with Crippen LogP contribution in [0.4, 0.5) is 0 Å². The maximum atomic E-state index is 5.92. The van der Waals surface area contributed by atoms with Crippen LogP contribution in [-0.4, -0.2) is 36.7 Å². The highest BCUT2D eigenvalue weighted by molar-refractivity contribution is 5.77. The Morgan fingerprint density at radius 3 is 2.80 bits per heavy atom. The summed E-state index contributed by atoms with van der Waals surface area (Å²) in [5, 5.41) is 8.24. The van der Waals surface area contributed by atoms with Gasteiger partial charge in [0.2, 0.25) is 0 Å². The van der Waals surface area contributed by atoms with Crippen molar-refractivity contribution in [1.29, 1.82) is 0 Å². The van der Waals surface area contributed by atoms with Crippen LogP contribution in [0.25, 0.3) is 11.0 Å². The molecule has 0 bridgehead atoms. The summed E-state index contributed by atoms with van der Waals surface area (Å²) in [7, 11) is 0. The van der Waals surface area contributed by atoms with Crippen molar-refractivity contribution >= 4 is 11.0 Å². The number of hydrogen-bond acceptors (Lipinski definition) is 4. The predicted octanol–water partition coefficient (Wildman–Crippen LogP) is 1.92. The van der Waals surface area contributed by atoms with E-state index >= 15 is 0 Å². The zero-order valence-corrected chi connectivity index (χ0v) is 11.7. The molecule has 4 heteroatoms. The summed E-state index contributed by atoms with van der Waals surface area (Å²) in [5.41, 5.74) is 1.35. The minimum atomic E-state index is 0.352. The van der Waals surface area contributed by atoms with Crippen molar-refractivity contribution in [1.82, 2.24) is 15.5 Å². The van der Waals surface area contributed by atoms with Crippen molar-refractivity contribution in [2.75, 3.05) is 26.3 Å². The predicted molar refractivity (Wildman–Crippen MR) is 79.5 cm³/mol. The number of piperidine rings is 1. The Morgan fingerprint density at radius 2 is 2.05 bits per heavy atom. The molecule has 1 spiro atoms. The summed E-state index contributed by atoms with van der Waals surface area (Å²) in [4.78, 5) is 2.50. The van der Waals surface area contributed by atoms with Crippen LogP contribution >= 0.6 is 0 Å². The number of para-hydroxylation sites is 1. The van der Waals surface area contributed by atoms with Gasteiger partial charge in [-0.2, -0.15) is 0 Å². The fourth-order valence-corrected chi connectivity index (χ4v) is 3.44. The van der Waals surface area contributed by atoms with Crippen LogP contribution in [0.3, 0.4) is 0 Å². The molecule has 3 heterocycles. The molecule has 4 nitrogen and oxygen atoms in total. The molecule has 1 aromatic heterocycles. The van der Waals surface area contributed by atoms with Gasteiger partial charge in [0.25, 0.3) is 0 Å². The molecule has 2 aliphatic heterocycles. The van der Waals surface area contributed by atoms with E-state index in [-0.39, 0.29) is 0 Å². The summed E-state index contributed by atoms with van der Waals surface area (Å²) in [6.07, 6.45) is 2.44. The number of fused-ring (bicyclic) bond motifs is 1. The van der Waals surface area contributed by atoms with Crippen molar-refractivity contribution in [2.24, 2.45) is 0 Å². The average Bonchev–Trinajstić information content (AvgIpc) is 3.08. The topological polar surface area (TPSA) is 40.4 Å². The first kappa shape index (κ1) is 12.4. The van der Waals surface area contributed by atoms with Crippen LogP contribution < -0.4 is 10.6 Å². The van der Waals surface area contributed by atoms with Gasteiger partial charge in [-0.1, -0.05) is 18.2 Å². The molecule has 0 atom stereocenters. The first-order valence-electron chi connectivity index (χ1n) is 7.49.